The van der Waals surface area contributed by atoms with E-state index in [4.69, 9.17) is 10.5 Å². The SMILES string of the molecule is Nc1ccc(Br)c(S(=O)(=O)NCCC2CCCO2)c1. The van der Waals surface area contributed by atoms with Crippen LogP contribution in [0.4, 0.5) is 5.69 Å². The molecule has 3 N–H and O–H groups in total. The minimum absolute atomic E-state index is 0.167. The highest BCUT2D eigenvalue weighted by Gasteiger charge is 2.20. The van der Waals surface area contributed by atoms with E-state index in [9.17, 15) is 8.42 Å². The Kier molecular flexibility index (Phi) is 4.83. The predicted molar refractivity (Wildman–Crippen MR) is 77.3 cm³/mol. The Morgan fingerprint density at radius 3 is 2.95 bits per heavy atom. The summed E-state index contributed by atoms with van der Waals surface area (Å²) in [5.74, 6) is 0. The Bertz CT molecular complexity index is 542. The van der Waals surface area contributed by atoms with Crippen molar-refractivity contribution >= 4 is 31.6 Å². The second-order valence-electron chi connectivity index (χ2n) is 4.51. The molecule has 1 atom stereocenters. The van der Waals surface area contributed by atoms with E-state index in [1.54, 1.807) is 12.1 Å². The van der Waals surface area contributed by atoms with Gasteiger partial charge in [-0.05, 0) is 53.4 Å². The van der Waals surface area contributed by atoms with Gasteiger partial charge in [0.15, 0.2) is 0 Å². The fourth-order valence-corrected chi connectivity index (χ4v) is 4.07. The minimum Gasteiger partial charge on any atom is -0.399 e. The van der Waals surface area contributed by atoms with Crippen LogP contribution >= 0.6 is 15.9 Å². The van der Waals surface area contributed by atoms with Crippen LogP contribution in [-0.2, 0) is 14.8 Å². The quantitative estimate of drug-likeness (QED) is 0.796. The van der Waals surface area contributed by atoms with Crippen LogP contribution in [0.2, 0.25) is 0 Å². The number of ether oxygens (including phenoxy) is 1. The highest BCUT2D eigenvalue weighted by Crippen LogP contribution is 2.24. The fraction of sp³-hybridized carbons (Fsp3) is 0.500. The molecule has 0 radical (unpaired) electrons. The number of halogens is 1. The molecule has 19 heavy (non-hydrogen) atoms. The first-order valence-corrected chi connectivity index (χ1v) is 8.43. The molecule has 1 aromatic carbocycles. The Morgan fingerprint density at radius 2 is 2.26 bits per heavy atom. The summed E-state index contributed by atoms with van der Waals surface area (Å²) in [5, 5.41) is 0. The van der Waals surface area contributed by atoms with Crippen molar-refractivity contribution in [1.29, 1.82) is 0 Å². The summed E-state index contributed by atoms with van der Waals surface area (Å²) in [4.78, 5) is 0.167. The van der Waals surface area contributed by atoms with Gasteiger partial charge in [0.25, 0.3) is 0 Å². The van der Waals surface area contributed by atoms with Crippen molar-refractivity contribution in [3.05, 3.63) is 22.7 Å². The molecule has 0 bridgehead atoms. The fourth-order valence-electron chi connectivity index (χ4n) is 2.03. The van der Waals surface area contributed by atoms with Gasteiger partial charge in [-0.2, -0.15) is 0 Å². The van der Waals surface area contributed by atoms with Gasteiger partial charge in [-0.1, -0.05) is 0 Å². The predicted octanol–water partition coefficient (Wildman–Crippen LogP) is 1.88. The summed E-state index contributed by atoms with van der Waals surface area (Å²) >= 11 is 3.23. The number of anilines is 1. The largest absolute Gasteiger partial charge is 0.399 e. The first kappa shape index (κ1) is 14.8. The van der Waals surface area contributed by atoms with Crippen molar-refractivity contribution in [3.8, 4) is 0 Å². The topological polar surface area (TPSA) is 81.4 Å². The van der Waals surface area contributed by atoms with Crippen molar-refractivity contribution in [2.75, 3.05) is 18.9 Å². The van der Waals surface area contributed by atoms with Crippen molar-refractivity contribution in [2.45, 2.75) is 30.3 Å². The monoisotopic (exact) mass is 348 g/mol. The molecule has 0 amide bonds. The number of rotatable bonds is 5. The number of nitrogens with one attached hydrogen (secondary N) is 1. The first-order valence-electron chi connectivity index (χ1n) is 6.15. The molecule has 1 aromatic rings. The third-order valence-electron chi connectivity index (χ3n) is 3.03. The maximum absolute atomic E-state index is 12.1. The molecule has 0 aromatic heterocycles. The molecular formula is C12H17BrN2O3S. The molecule has 1 saturated heterocycles. The Hall–Kier alpha value is -0.630. The van der Waals surface area contributed by atoms with Crippen molar-refractivity contribution in [2.24, 2.45) is 0 Å². The third-order valence-corrected chi connectivity index (χ3v) is 5.48. The number of nitrogen functional groups attached to an aromatic ring is 1. The van der Waals surface area contributed by atoms with Gasteiger partial charge in [0.1, 0.15) is 0 Å². The van der Waals surface area contributed by atoms with Gasteiger partial charge in [0.05, 0.1) is 11.0 Å². The molecule has 5 nitrogen and oxygen atoms in total. The lowest BCUT2D eigenvalue weighted by Gasteiger charge is -2.12. The van der Waals surface area contributed by atoms with Crippen LogP contribution in [0.3, 0.4) is 0 Å². The molecule has 2 rings (SSSR count). The molecular weight excluding hydrogens is 332 g/mol. The summed E-state index contributed by atoms with van der Waals surface area (Å²) in [5.41, 5.74) is 6.04. The maximum atomic E-state index is 12.1. The van der Waals surface area contributed by atoms with Crippen molar-refractivity contribution in [1.82, 2.24) is 4.72 Å². The molecule has 1 aliphatic heterocycles. The van der Waals surface area contributed by atoms with E-state index in [-0.39, 0.29) is 11.0 Å². The molecule has 0 saturated carbocycles. The van der Waals surface area contributed by atoms with Gasteiger partial charge in [-0.15, -0.1) is 0 Å². The zero-order valence-corrected chi connectivity index (χ0v) is 12.8. The maximum Gasteiger partial charge on any atom is 0.241 e. The standard InChI is InChI=1S/C12H17BrN2O3S/c13-11-4-3-9(14)8-12(11)19(16,17)15-6-5-10-2-1-7-18-10/h3-4,8,10,15H,1-2,5-7,14H2. The summed E-state index contributed by atoms with van der Waals surface area (Å²) < 4.78 is 32.8. The van der Waals surface area contributed by atoms with E-state index in [1.165, 1.54) is 6.07 Å². The molecule has 1 fully saturated rings. The van der Waals surface area contributed by atoms with Crippen LogP contribution in [-0.4, -0.2) is 27.7 Å². The van der Waals surface area contributed by atoms with Gasteiger partial charge in [-0.25, -0.2) is 13.1 Å². The lowest BCUT2D eigenvalue weighted by molar-refractivity contribution is 0.105. The minimum atomic E-state index is -3.54. The normalized spacial score (nSPS) is 19.7. The number of hydrogen-bond donors (Lipinski definition) is 2. The Labute approximate surface area is 121 Å². The van der Waals surface area contributed by atoms with Gasteiger partial charge in [0.2, 0.25) is 10.0 Å². The highest BCUT2D eigenvalue weighted by atomic mass is 79.9. The van der Waals surface area contributed by atoms with Crippen LogP contribution in [0.15, 0.2) is 27.6 Å². The average molecular weight is 349 g/mol. The summed E-state index contributed by atoms with van der Waals surface area (Å²) in [6.07, 6.45) is 2.92. The molecule has 1 heterocycles. The van der Waals surface area contributed by atoms with E-state index in [2.05, 4.69) is 20.7 Å². The van der Waals surface area contributed by atoms with Crippen LogP contribution in [0, 0.1) is 0 Å². The lowest BCUT2D eigenvalue weighted by Crippen LogP contribution is -2.27. The summed E-state index contributed by atoms with van der Waals surface area (Å²) in [6, 6.07) is 4.72. The first-order chi connectivity index (χ1) is 8.99. The molecule has 0 spiro atoms. The molecule has 0 aliphatic carbocycles. The summed E-state index contributed by atoms with van der Waals surface area (Å²) in [6.45, 7) is 1.15. The van der Waals surface area contributed by atoms with E-state index in [0.717, 1.165) is 19.4 Å². The molecule has 1 aliphatic rings. The van der Waals surface area contributed by atoms with Gasteiger partial charge in [0, 0.05) is 23.3 Å². The molecule has 1 unspecified atom stereocenters. The molecule has 106 valence electrons. The second kappa shape index (κ2) is 6.21. The number of hydrogen-bond acceptors (Lipinski definition) is 4. The van der Waals surface area contributed by atoms with E-state index in [1.807, 2.05) is 0 Å². The van der Waals surface area contributed by atoms with E-state index < -0.39 is 10.0 Å². The van der Waals surface area contributed by atoms with Crippen LogP contribution in [0.25, 0.3) is 0 Å². The average Bonchev–Trinajstić information content (AvgIpc) is 2.85. The number of sulfonamides is 1. The second-order valence-corrected chi connectivity index (χ2v) is 7.10. The summed E-state index contributed by atoms with van der Waals surface area (Å²) in [7, 11) is -3.54. The van der Waals surface area contributed by atoms with E-state index in [0.29, 0.717) is 23.1 Å². The van der Waals surface area contributed by atoms with E-state index >= 15 is 0 Å². The third kappa shape index (κ3) is 3.92. The van der Waals surface area contributed by atoms with Crippen LogP contribution < -0.4 is 10.5 Å². The Morgan fingerprint density at radius 1 is 1.47 bits per heavy atom. The highest BCUT2D eigenvalue weighted by molar-refractivity contribution is 9.10. The van der Waals surface area contributed by atoms with Crippen LogP contribution in [0.5, 0.6) is 0 Å². The van der Waals surface area contributed by atoms with Crippen molar-refractivity contribution in [3.63, 3.8) is 0 Å². The van der Waals surface area contributed by atoms with Crippen molar-refractivity contribution < 1.29 is 13.2 Å². The van der Waals surface area contributed by atoms with Gasteiger partial charge in [-0.3, -0.25) is 0 Å². The van der Waals surface area contributed by atoms with Crippen LogP contribution in [0.1, 0.15) is 19.3 Å². The molecule has 7 heteroatoms. The smallest absolute Gasteiger partial charge is 0.241 e. The van der Waals surface area contributed by atoms with Gasteiger partial charge < -0.3 is 10.5 Å². The Balaban J connectivity index is 1.99. The van der Waals surface area contributed by atoms with Gasteiger partial charge >= 0.3 is 0 Å². The number of nitrogens with two attached hydrogens (primary N) is 1. The zero-order chi connectivity index (χ0) is 13.9. The lowest BCUT2D eigenvalue weighted by atomic mass is 10.2. The number of benzene rings is 1. The zero-order valence-electron chi connectivity index (χ0n) is 10.4.